The van der Waals surface area contributed by atoms with Gasteiger partial charge in [0, 0.05) is 18.4 Å². The molecule has 4 aromatic rings. The first-order chi connectivity index (χ1) is 13.6. The fourth-order valence-electron chi connectivity index (χ4n) is 3.79. The molecule has 2 N–H and O–H groups in total. The smallest absolute Gasteiger partial charge is 0.332 e. The van der Waals surface area contributed by atoms with Crippen LogP contribution in [0.1, 0.15) is 22.5 Å². The van der Waals surface area contributed by atoms with Crippen LogP contribution in [-0.2, 0) is 18.4 Å². The van der Waals surface area contributed by atoms with Crippen molar-refractivity contribution in [3.8, 4) is 5.69 Å². The largest absolute Gasteiger partial charge is 0.368 e. The second-order valence-corrected chi connectivity index (χ2v) is 7.41. The first-order valence-corrected chi connectivity index (χ1v) is 9.19. The van der Waals surface area contributed by atoms with E-state index in [-0.39, 0.29) is 11.2 Å². The summed E-state index contributed by atoms with van der Waals surface area (Å²) in [5, 5.41) is 0. The van der Waals surface area contributed by atoms with Gasteiger partial charge >= 0.3 is 5.69 Å². The Morgan fingerprint density at radius 3 is 2.45 bits per heavy atom. The molecular formula is C20H22N6O3. The number of rotatable bonds is 3. The van der Waals surface area contributed by atoms with Crippen molar-refractivity contribution in [1.29, 1.82) is 0 Å². The fourth-order valence-corrected chi connectivity index (χ4v) is 3.79. The third kappa shape index (κ3) is 2.54. The average Bonchev–Trinajstić information content (AvgIpc) is 3.15. The van der Waals surface area contributed by atoms with Gasteiger partial charge in [0.2, 0.25) is 11.7 Å². The van der Waals surface area contributed by atoms with Crippen LogP contribution in [0.2, 0.25) is 0 Å². The number of nitrogens with zero attached hydrogens (tertiary/aromatic N) is 5. The summed E-state index contributed by atoms with van der Waals surface area (Å²) in [4.78, 5) is 41.8. The number of nitrogens with two attached hydrogens (primary N) is 1. The molecule has 0 aliphatic rings. The number of amides is 1. The number of primary amides is 1. The monoisotopic (exact) mass is 394 g/mol. The van der Waals surface area contributed by atoms with Gasteiger partial charge in [0.25, 0.3) is 5.56 Å². The highest BCUT2D eigenvalue weighted by Gasteiger charge is 2.24. The molecule has 0 aliphatic heterocycles. The van der Waals surface area contributed by atoms with Crippen molar-refractivity contribution in [3.63, 3.8) is 0 Å². The molecule has 0 spiro atoms. The molecule has 1 aromatic carbocycles. The lowest BCUT2D eigenvalue weighted by atomic mass is 10.1. The van der Waals surface area contributed by atoms with Crippen molar-refractivity contribution in [2.45, 2.75) is 34.2 Å². The number of aryl methyl sites for hydroxylation is 4. The molecule has 4 rings (SSSR count). The molecule has 1 amide bonds. The van der Waals surface area contributed by atoms with Crippen molar-refractivity contribution in [3.05, 3.63) is 61.6 Å². The average molecular weight is 394 g/mol. The molecule has 3 aromatic heterocycles. The lowest BCUT2D eigenvalue weighted by Gasteiger charge is -2.11. The molecule has 0 fully saturated rings. The molecule has 3 heterocycles. The van der Waals surface area contributed by atoms with Gasteiger partial charge in [-0.2, -0.15) is 4.98 Å². The molecule has 9 heteroatoms. The molecule has 0 atom stereocenters. The molecule has 29 heavy (non-hydrogen) atoms. The predicted molar refractivity (Wildman–Crippen MR) is 110 cm³/mol. The molecule has 0 bridgehead atoms. The summed E-state index contributed by atoms with van der Waals surface area (Å²) in [6.45, 7) is 7.40. The van der Waals surface area contributed by atoms with Gasteiger partial charge < -0.3 is 5.73 Å². The van der Waals surface area contributed by atoms with E-state index in [1.54, 1.807) is 4.40 Å². The molecule has 0 aliphatic carbocycles. The van der Waals surface area contributed by atoms with Crippen LogP contribution in [0, 0.1) is 27.7 Å². The van der Waals surface area contributed by atoms with Crippen molar-refractivity contribution in [2.24, 2.45) is 12.8 Å². The maximum absolute atomic E-state index is 13.1. The van der Waals surface area contributed by atoms with Crippen LogP contribution in [0.25, 0.3) is 22.6 Å². The number of carbonyl (C=O) groups is 1. The Hall–Kier alpha value is -3.62. The Bertz CT molecular complexity index is 1450. The molecular weight excluding hydrogens is 372 g/mol. The van der Waals surface area contributed by atoms with Gasteiger partial charge in [-0.05, 0) is 44.9 Å². The van der Waals surface area contributed by atoms with Gasteiger partial charge in [-0.3, -0.25) is 23.1 Å². The summed E-state index contributed by atoms with van der Waals surface area (Å²) in [6, 6.07) is 6.13. The standard InChI is InChI=1S/C20H22N6O3/c1-10-6-7-11(2)14(8-10)25-12(3)13(4)26-16-17(22-19(25)26)23(5)20(29)24(18(16)28)9-15(21)27/h6-8H,9H2,1-5H3,(H2,21,27). The minimum absolute atomic E-state index is 0.244. The summed E-state index contributed by atoms with van der Waals surface area (Å²) in [6.07, 6.45) is 0. The Morgan fingerprint density at radius 1 is 1.10 bits per heavy atom. The lowest BCUT2D eigenvalue weighted by Crippen LogP contribution is -2.42. The molecule has 0 radical (unpaired) electrons. The molecule has 150 valence electrons. The van der Waals surface area contributed by atoms with E-state index in [0.29, 0.717) is 5.78 Å². The maximum Gasteiger partial charge on any atom is 0.332 e. The summed E-state index contributed by atoms with van der Waals surface area (Å²) in [7, 11) is 1.53. The number of benzene rings is 1. The second-order valence-electron chi connectivity index (χ2n) is 7.41. The van der Waals surface area contributed by atoms with Crippen LogP contribution >= 0.6 is 0 Å². The minimum Gasteiger partial charge on any atom is -0.368 e. The Labute approximate surface area is 165 Å². The van der Waals surface area contributed by atoms with E-state index in [9.17, 15) is 14.4 Å². The normalized spacial score (nSPS) is 11.6. The number of aromatic nitrogens is 5. The number of hydrogen-bond acceptors (Lipinski definition) is 4. The molecule has 9 nitrogen and oxygen atoms in total. The van der Waals surface area contributed by atoms with Crippen LogP contribution < -0.4 is 17.0 Å². The summed E-state index contributed by atoms with van der Waals surface area (Å²) >= 11 is 0. The van der Waals surface area contributed by atoms with Crippen molar-refractivity contribution >= 4 is 22.8 Å². The second kappa shape index (κ2) is 6.20. The molecule has 0 unspecified atom stereocenters. The van der Waals surface area contributed by atoms with Gasteiger partial charge in [0.05, 0.1) is 5.69 Å². The van der Waals surface area contributed by atoms with E-state index in [4.69, 9.17) is 5.73 Å². The van der Waals surface area contributed by atoms with E-state index in [1.807, 2.05) is 44.4 Å². The number of imidazole rings is 2. The fraction of sp³-hybridized carbons (Fsp3) is 0.300. The van der Waals surface area contributed by atoms with E-state index >= 15 is 0 Å². The molecule has 0 saturated heterocycles. The van der Waals surface area contributed by atoms with Crippen molar-refractivity contribution in [2.75, 3.05) is 0 Å². The zero-order valence-electron chi connectivity index (χ0n) is 17.0. The lowest BCUT2D eigenvalue weighted by molar-refractivity contribution is -0.118. The highest BCUT2D eigenvalue weighted by atomic mass is 16.2. The van der Waals surface area contributed by atoms with Gasteiger partial charge in [0.1, 0.15) is 6.54 Å². The van der Waals surface area contributed by atoms with Gasteiger partial charge in [-0.25, -0.2) is 9.36 Å². The van der Waals surface area contributed by atoms with Crippen molar-refractivity contribution < 1.29 is 4.79 Å². The number of hydrogen-bond donors (Lipinski definition) is 1. The Balaban J connectivity index is 2.22. The third-order valence-corrected chi connectivity index (χ3v) is 5.44. The Morgan fingerprint density at radius 2 is 1.79 bits per heavy atom. The number of carbonyl (C=O) groups excluding carboxylic acids is 1. The Kier molecular flexibility index (Phi) is 4.00. The minimum atomic E-state index is -0.759. The maximum atomic E-state index is 13.1. The van der Waals surface area contributed by atoms with E-state index < -0.39 is 23.7 Å². The topological polar surface area (TPSA) is 109 Å². The van der Waals surface area contributed by atoms with Crippen LogP contribution in [-0.4, -0.2) is 29.0 Å². The van der Waals surface area contributed by atoms with E-state index in [1.165, 1.54) is 11.6 Å². The summed E-state index contributed by atoms with van der Waals surface area (Å²) in [5.74, 6) is -0.224. The van der Waals surface area contributed by atoms with E-state index in [0.717, 1.165) is 32.8 Å². The van der Waals surface area contributed by atoms with Gasteiger partial charge in [0.15, 0.2) is 11.2 Å². The van der Waals surface area contributed by atoms with Crippen molar-refractivity contribution in [1.82, 2.24) is 23.1 Å². The number of fused-ring (bicyclic) bond motifs is 3. The van der Waals surface area contributed by atoms with Crippen LogP contribution in [0.15, 0.2) is 27.8 Å². The predicted octanol–water partition coefficient (Wildman–Crippen LogP) is 0.858. The zero-order valence-corrected chi connectivity index (χ0v) is 17.0. The van der Waals surface area contributed by atoms with E-state index in [2.05, 4.69) is 11.1 Å². The SMILES string of the molecule is Cc1ccc(C)c(-n2c(C)c(C)n3c4c(=O)n(CC(N)=O)c(=O)n(C)c4nc23)c1. The van der Waals surface area contributed by atoms with Crippen LogP contribution in [0.5, 0.6) is 0 Å². The third-order valence-electron chi connectivity index (χ3n) is 5.44. The summed E-state index contributed by atoms with van der Waals surface area (Å²) in [5.41, 5.74) is 9.39. The quantitative estimate of drug-likeness (QED) is 0.556. The van der Waals surface area contributed by atoms with Crippen LogP contribution in [0.4, 0.5) is 0 Å². The van der Waals surface area contributed by atoms with Gasteiger partial charge in [-0.15, -0.1) is 0 Å². The highest BCUT2D eigenvalue weighted by Crippen LogP contribution is 2.26. The van der Waals surface area contributed by atoms with Crippen LogP contribution in [0.3, 0.4) is 0 Å². The highest BCUT2D eigenvalue weighted by molar-refractivity contribution is 5.78. The summed E-state index contributed by atoms with van der Waals surface area (Å²) < 4.78 is 5.85. The molecule has 0 saturated carbocycles. The first kappa shape index (κ1) is 18.7. The van der Waals surface area contributed by atoms with Gasteiger partial charge in [-0.1, -0.05) is 12.1 Å². The zero-order chi connectivity index (χ0) is 21.2. The first-order valence-electron chi connectivity index (χ1n) is 9.19.